The van der Waals surface area contributed by atoms with Crippen molar-refractivity contribution in [3.63, 3.8) is 0 Å². The number of pyridine rings is 1. The number of fused-ring (bicyclic) bond motifs is 1. The fourth-order valence-corrected chi connectivity index (χ4v) is 4.37. The molecule has 1 aliphatic heterocycles. The van der Waals surface area contributed by atoms with Gasteiger partial charge in [-0.3, -0.25) is 0 Å². The Morgan fingerprint density at radius 1 is 1.00 bits per heavy atom. The van der Waals surface area contributed by atoms with Crippen molar-refractivity contribution in [2.45, 2.75) is 32.8 Å². The van der Waals surface area contributed by atoms with E-state index in [9.17, 15) is 13.2 Å². The van der Waals surface area contributed by atoms with Gasteiger partial charge in [-0.1, -0.05) is 35.9 Å². The van der Waals surface area contributed by atoms with Crippen molar-refractivity contribution in [3.05, 3.63) is 89.2 Å². The summed E-state index contributed by atoms with van der Waals surface area (Å²) >= 11 is 0. The van der Waals surface area contributed by atoms with E-state index in [0.29, 0.717) is 18.1 Å². The zero-order valence-corrected chi connectivity index (χ0v) is 19.5. The van der Waals surface area contributed by atoms with Crippen LogP contribution in [0.3, 0.4) is 0 Å². The second-order valence-corrected chi connectivity index (χ2v) is 8.88. The van der Waals surface area contributed by atoms with E-state index in [4.69, 9.17) is 4.74 Å². The van der Waals surface area contributed by atoms with Crippen LogP contribution in [0.5, 0.6) is 5.75 Å². The number of rotatable bonds is 5. The van der Waals surface area contributed by atoms with E-state index < -0.39 is 6.30 Å². The summed E-state index contributed by atoms with van der Waals surface area (Å²) in [4.78, 5) is 10.7. The topological polar surface area (TPSA) is 43.2 Å². The van der Waals surface area contributed by atoms with Crippen molar-refractivity contribution in [1.82, 2.24) is 19.4 Å². The highest BCUT2D eigenvalue weighted by Crippen LogP contribution is 2.33. The van der Waals surface area contributed by atoms with Crippen molar-refractivity contribution < 1.29 is 17.9 Å². The normalized spacial score (nSPS) is 14.1. The summed E-state index contributed by atoms with van der Waals surface area (Å²) in [5.74, 6) is 0.367. The van der Waals surface area contributed by atoms with E-state index in [0.717, 1.165) is 48.6 Å². The van der Waals surface area contributed by atoms with Crippen LogP contribution >= 0.6 is 0 Å². The van der Waals surface area contributed by atoms with Gasteiger partial charge in [0.05, 0.1) is 5.69 Å². The predicted molar refractivity (Wildman–Crippen MR) is 128 cm³/mol. The van der Waals surface area contributed by atoms with Gasteiger partial charge < -0.3 is 9.64 Å². The largest absolute Gasteiger partial charge is 0.490 e. The molecule has 0 saturated carbocycles. The number of hydrogen-bond acceptors (Lipinski definition) is 4. The van der Waals surface area contributed by atoms with Gasteiger partial charge in [0.1, 0.15) is 18.1 Å². The Labute approximate surface area is 201 Å². The zero-order chi connectivity index (χ0) is 24.6. The van der Waals surface area contributed by atoms with Gasteiger partial charge in [0, 0.05) is 31.0 Å². The van der Waals surface area contributed by atoms with E-state index in [1.807, 2.05) is 25.1 Å². The Balaban J connectivity index is 1.43. The van der Waals surface area contributed by atoms with Gasteiger partial charge >= 0.3 is 6.30 Å². The van der Waals surface area contributed by atoms with E-state index in [-0.39, 0.29) is 16.1 Å². The number of halogens is 3. The van der Waals surface area contributed by atoms with E-state index >= 15 is 0 Å². The minimum Gasteiger partial charge on any atom is -0.488 e. The number of aromatic nitrogens is 3. The standard InChI is InChI=1S/C27H25F3N4O/c1-18-6-9-25(35-17-19-7-8-21-16-33(2)12-10-20(21)15-19)22(14-18)23-4-3-5-24(32-23)26-31-11-13-34(26)27(28,29)30/h3-9,11,13-15H,10,12,16-17H2,1-2H3. The molecule has 0 spiro atoms. The molecule has 0 radical (unpaired) electrons. The molecule has 5 nitrogen and oxygen atoms in total. The summed E-state index contributed by atoms with van der Waals surface area (Å²) in [6.45, 7) is 4.33. The molecule has 0 aliphatic carbocycles. The maximum atomic E-state index is 13.4. The molecule has 0 bridgehead atoms. The third-order valence-corrected chi connectivity index (χ3v) is 6.17. The Bertz CT molecular complexity index is 1360. The van der Waals surface area contributed by atoms with Crippen LogP contribution in [0.2, 0.25) is 0 Å². The summed E-state index contributed by atoms with van der Waals surface area (Å²) in [7, 11) is 2.12. The van der Waals surface area contributed by atoms with Crippen molar-refractivity contribution in [2.24, 2.45) is 0 Å². The first-order chi connectivity index (χ1) is 16.8. The number of nitrogens with zero attached hydrogens (tertiary/aromatic N) is 4. The van der Waals surface area contributed by atoms with Crippen LogP contribution in [0.4, 0.5) is 13.2 Å². The highest BCUT2D eigenvalue weighted by atomic mass is 19.4. The molecule has 3 heterocycles. The fourth-order valence-electron chi connectivity index (χ4n) is 4.37. The SMILES string of the molecule is Cc1ccc(OCc2ccc3c(c2)CCN(C)C3)c(-c2cccc(-c3nccn3C(F)(F)F)n2)c1. The minimum absolute atomic E-state index is 0.136. The van der Waals surface area contributed by atoms with Crippen LogP contribution in [-0.4, -0.2) is 33.0 Å². The maximum absolute atomic E-state index is 13.4. The molecule has 0 fully saturated rings. The molecule has 2 aromatic carbocycles. The molecule has 5 rings (SSSR count). The number of aryl methyl sites for hydroxylation is 1. The summed E-state index contributed by atoms with van der Waals surface area (Å²) in [5, 5.41) is 0. The average Bonchev–Trinajstić information content (AvgIpc) is 3.34. The summed E-state index contributed by atoms with van der Waals surface area (Å²) < 4.78 is 46.5. The lowest BCUT2D eigenvalue weighted by Crippen LogP contribution is -2.26. The van der Waals surface area contributed by atoms with Crippen molar-refractivity contribution in [2.75, 3.05) is 13.6 Å². The molecular formula is C27H25F3N4O. The van der Waals surface area contributed by atoms with Crippen molar-refractivity contribution in [1.29, 1.82) is 0 Å². The zero-order valence-electron chi connectivity index (χ0n) is 19.5. The first kappa shape index (κ1) is 23.1. The monoisotopic (exact) mass is 478 g/mol. The molecule has 0 unspecified atom stereocenters. The molecular weight excluding hydrogens is 453 g/mol. The average molecular weight is 479 g/mol. The van der Waals surface area contributed by atoms with Crippen LogP contribution in [0.25, 0.3) is 22.8 Å². The Hall–Kier alpha value is -3.65. The highest BCUT2D eigenvalue weighted by Gasteiger charge is 2.33. The molecule has 0 saturated heterocycles. The molecule has 0 amide bonds. The quantitative estimate of drug-likeness (QED) is 0.355. The number of hydrogen-bond donors (Lipinski definition) is 0. The summed E-state index contributed by atoms with van der Waals surface area (Å²) in [6.07, 6.45) is -1.55. The van der Waals surface area contributed by atoms with E-state index in [1.54, 1.807) is 12.1 Å². The van der Waals surface area contributed by atoms with Gasteiger partial charge in [0.15, 0.2) is 5.82 Å². The fraction of sp³-hybridized carbons (Fsp3) is 0.259. The van der Waals surface area contributed by atoms with Crippen LogP contribution in [0.15, 0.2) is 67.0 Å². The lowest BCUT2D eigenvalue weighted by atomic mass is 9.98. The number of imidazole rings is 1. The Morgan fingerprint density at radius 2 is 1.83 bits per heavy atom. The number of ether oxygens (including phenoxy) is 1. The minimum atomic E-state index is -4.58. The van der Waals surface area contributed by atoms with Crippen molar-refractivity contribution >= 4 is 0 Å². The van der Waals surface area contributed by atoms with Crippen LogP contribution < -0.4 is 4.74 Å². The number of likely N-dealkylation sites (N-methyl/N-ethyl adjacent to an activating group) is 1. The molecule has 1 aliphatic rings. The van der Waals surface area contributed by atoms with Gasteiger partial charge in [-0.15, -0.1) is 13.2 Å². The van der Waals surface area contributed by atoms with Crippen LogP contribution in [0, 0.1) is 6.92 Å². The first-order valence-corrected chi connectivity index (χ1v) is 11.4. The predicted octanol–water partition coefficient (Wildman–Crippen LogP) is 5.96. The lowest BCUT2D eigenvalue weighted by Gasteiger charge is -2.25. The van der Waals surface area contributed by atoms with Crippen LogP contribution in [-0.2, 0) is 25.9 Å². The third kappa shape index (κ3) is 4.93. The van der Waals surface area contributed by atoms with E-state index in [1.165, 1.54) is 17.2 Å². The van der Waals surface area contributed by atoms with Crippen LogP contribution in [0.1, 0.15) is 22.3 Å². The Kier molecular flexibility index (Phi) is 6.06. The first-order valence-electron chi connectivity index (χ1n) is 11.4. The van der Waals surface area contributed by atoms with Gasteiger partial charge in [-0.25, -0.2) is 14.5 Å². The summed E-state index contributed by atoms with van der Waals surface area (Å²) in [5.41, 5.74) is 6.14. The van der Waals surface area contributed by atoms with Gasteiger partial charge in [0.25, 0.3) is 0 Å². The Morgan fingerprint density at radius 3 is 2.66 bits per heavy atom. The second-order valence-electron chi connectivity index (χ2n) is 8.88. The molecule has 4 aromatic rings. The maximum Gasteiger partial charge on any atom is 0.490 e. The smallest absolute Gasteiger partial charge is 0.488 e. The third-order valence-electron chi connectivity index (χ3n) is 6.17. The van der Waals surface area contributed by atoms with Gasteiger partial charge in [-0.05, 0) is 61.3 Å². The molecule has 180 valence electrons. The van der Waals surface area contributed by atoms with Crippen molar-refractivity contribution in [3.8, 4) is 28.5 Å². The molecule has 2 aromatic heterocycles. The van der Waals surface area contributed by atoms with Gasteiger partial charge in [0.2, 0.25) is 0 Å². The molecule has 8 heteroatoms. The molecule has 35 heavy (non-hydrogen) atoms. The van der Waals surface area contributed by atoms with E-state index in [2.05, 4.69) is 40.1 Å². The molecule has 0 N–H and O–H groups in total. The second kappa shape index (κ2) is 9.19. The summed E-state index contributed by atoms with van der Waals surface area (Å²) in [6, 6.07) is 17.2. The lowest BCUT2D eigenvalue weighted by molar-refractivity contribution is -0.202. The van der Waals surface area contributed by atoms with Gasteiger partial charge in [-0.2, -0.15) is 0 Å². The number of benzene rings is 2. The molecule has 0 atom stereocenters. The highest BCUT2D eigenvalue weighted by molar-refractivity contribution is 5.70. The number of alkyl halides is 3.